The minimum absolute atomic E-state index is 0.200. The molecule has 2 nitrogen and oxygen atoms in total. The van der Waals surface area contributed by atoms with E-state index in [1.54, 1.807) is 0 Å². The number of hydrogen-bond donors (Lipinski definition) is 1. The van der Waals surface area contributed by atoms with Crippen molar-refractivity contribution in [1.82, 2.24) is 0 Å². The minimum Gasteiger partial charge on any atom is -0.480 e. The van der Waals surface area contributed by atoms with Crippen molar-refractivity contribution in [2.45, 2.75) is 32.0 Å². The summed E-state index contributed by atoms with van der Waals surface area (Å²) in [5.41, 5.74) is 0.200. The van der Waals surface area contributed by atoms with E-state index in [2.05, 4.69) is 0 Å². The number of ether oxygens (including phenoxy) is 1. The second-order valence-electron chi connectivity index (χ2n) is 4.06. The number of aliphatic hydroxyl groups excluding tert-OH is 1. The van der Waals surface area contributed by atoms with Crippen molar-refractivity contribution >= 4 is 0 Å². The largest absolute Gasteiger partial charge is 0.480 e. The molecule has 0 spiro atoms. The smallest absolute Gasteiger partial charge is 0.191 e. The first-order valence-corrected chi connectivity index (χ1v) is 5.63. The summed E-state index contributed by atoms with van der Waals surface area (Å²) in [4.78, 5) is 0. The van der Waals surface area contributed by atoms with Crippen LogP contribution >= 0.6 is 0 Å². The molecule has 2 rings (SSSR count). The number of rotatable bonds is 3. The molecule has 0 fully saturated rings. The molecule has 0 saturated carbocycles. The Balaban J connectivity index is 2.20. The van der Waals surface area contributed by atoms with Crippen LogP contribution in [0.2, 0.25) is 0 Å². The summed E-state index contributed by atoms with van der Waals surface area (Å²) in [6.45, 7) is -0.391. The maximum Gasteiger partial charge on any atom is 0.191 e. The SMILES string of the molecule is OCc1cc(F)c(OC2C=CCCC2)c(F)c1. The van der Waals surface area contributed by atoms with Crippen LogP contribution in [0, 0.1) is 11.6 Å². The maximum absolute atomic E-state index is 13.6. The van der Waals surface area contributed by atoms with Crippen LogP contribution < -0.4 is 4.74 Å². The molecule has 0 amide bonds. The van der Waals surface area contributed by atoms with Gasteiger partial charge in [-0.3, -0.25) is 0 Å². The average molecular weight is 240 g/mol. The van der Waals surface area contributed by atoms with E-state index in [-0.39, 0.29) is 17.4 Å². The first kappa shape index (κ1) is 12.0. The summed E-state index contributed by atoms with van der Waals surface area (Å²) < 4.78 is 32.4. The second-order valence-corrected chi connectivity index (χ2v) is 4.06. The highest BCUT2D eigenvalue weighted by Crippen LogP contribution is 2.26. The number of hydrogen-bond acceptors (Lipinski definition) is 2. The van der Waals surface area contributed by atoms with E-state index in [0.29, 0.717) is 0 Å². The van der Waals surface area contributed by atoms with Crippen molar-refractivity contribution in [2.75, 3.05) is 0 Å². The predicted molar refractivity (Wildman–Crippen MR) is 59.7 cm³/mol. The van der Waals surface area contributed by atoms with Crippen LogP contribution in [0.5, 0.6) is 5.75 Å². The lowest BCUT2D eigenvalue weighted by molar-refractivity contribution is 0.208. The molecule has 1 aromatic carbocycles. The van der Waals surface area contributed by atoms with E-state index in [9.17, 15) is 8.78 Å². The van der Waals surface area contributed by atoms with E-state index in [1.165, 1.54) is 0 Å². The third-order valence-electron chi connectivity index (χ3n) is 2.72. The molecule has 1 aromatic rings. The molecule has 1 aliphatic carbocycles. The Morgan fingerprint density at radius 1 is 1.29 bits per heavy atom. The molecular formula is C13H14F2O2. The monoisotopic (exact) mass is 240 g/mol. The Morgan fingerprint density at radius 3 is 2.53 bits per heavy atom. The highest BCUT2D eigenvalue weighted by molar-refractivity contribution is 5.31. The molecule has 1 aliphatic rings. The Bertz CT molecular complexity index is 406. The molecule has 0 aromatic heterocycles. The molecule has 0 heterocycles. The fourth-order valence-electron chi connectivity index (χ4n) is 1.85. The molecule has 0 saturated heterocycles. The third kappa shape index (κ3) is 2.82. The maximum atomic E-state index is 13.6. The van der Waals surface area contributed by atoms with Gasteiger partial charge in [0.2, 0.25) is 0 Å². The molecule has 17 heavy (non-hydrogen) atoms. The van der Waals surface area contributed by atoms with Crippen molar-refractivity contribution < 1.29 is 18.6 Å². The van der Waals surface area contributed by atoms with Crippen molar-refractivity contribution in [3.63, 3.8) is 0 Å². The zero-order valence-corrected chi connectivity index (χ0v) is 9.33. The van der Waals surface area contributed by atoms with Crippen LogP contribution in [0.3, 0.4) is 0 Å². The summed E-state index contributed by atoms with van der Waals surface area (Å²) in [7, 11) is 0. The van der Waals surface area contributed by atoms with Crippen molar-refractivity contribution in [3.05, 3.63) is 41.5 Å². The lowest BCUT2D eigenvalue weighted by atomic mass is 10.1. The van der Waals surface area contributed by atoms with Crippen LogP contribution in [0.4, 0.5) is 8.78 Å². The van der Waals surface area contributed by atoms with Gasteiger partial charge >= 0.3 is 0 Å². The van der Waals surface area contributed by atoms with Crippen LogP contribution in [0.15, 0.2) is 24.3 Å². The van der Waals surface area contributed by atoms with Gasteiger partial charge in [-0.05, 0) is 43.0 Å². The molecule has 92 valence electrons. The number of benzene rings is 1. The van der Waals surface area contributed by atoms with Gasteiger partial charge in [-0.25, -0.2) is 8.78 Å². The fourth-order valence-corrected chi connectivity index (χ4v) is 1.85. The number of aliphatic hydroxyl groups is 1. The summed E-state index contributed by atoms with van der Waals surface area (Å²) >= 11 is 0. The van der Waals surface area contributed by atoms with Crippen LogP contribution in [-0.4, -0.2) is 11.2 Å². The molecular weight excluding hydrogens is 226 g/mol. The summed E-state index contributed by atoms with van der Waals surface area (Å²) in [5.74, 6) is -1.90. The highest BCUT2D eigenvalue weighted by Gasteiger charge is 2.17. The topological polar surface area (TPSA) is 29.5 Å². The van der Waals surface area contributed by atoms with Crippen molar-refractivity contribution in [3.8, 4) is 5.75 Å². The molecule has 1 atom stereocenters. The molecule has 1 unspecified atom stereocenters. The Labute approximate surface area is 98.5 Å². The first-order chi connectivity index (χ1) is 8.20. The zero-order valence-electron chi connectivity index (χ0n) is 9.33. The highest BCUT2D eigenvalue weighted by atomic mass is 19.1. The normalized spacial score (nSPS) is 19.4. The van der Waals surface area contributed by atoms with Gasteiger partial charge in [0.25, 0.3) is 0 Å². The van der Waals surface area contributed by atoms with Crippen molar-refractivity contribution in [2.24, 2.45) is 0 Å². The van der Waals surface area contributed by atoms with Gasteiger partial charge in [0, 0.05) is 0 Å². The van der Waals surface area contributed by atoms with Gasteiger partial charge in [0.05, 0.1) is 6.61 Å². The molecule has 0 aliphatic heterocycles. The van der Waals surface area contributed by atoms with Gasteiger partial charge in [0.15, 0.2) is 17.4 Å². The van der Waals surface area contributed by atoms with Crippen LogP contribution in [0.1, 0.15) is 24.8 Å². The summed E-state index contributed by atoms with van der Waals surface area (Å²) in [5, 5.41) is 8.81. The van der Waals surface area contributed by atoms with E-state index >= 15 is 0 Å². The van der Waals surface area contributed by atoms with E-state index in [4.69, 9.17) is 9.84 Å². The van der Waals surface area contributed by atoms with Gasteiger partial charge in [0.1, 0.15) is 6.10 Å². The first-order valence-electron chi connectivity index (χ1n) is 5.63. The van der Waals surface area contributed by atoms with Gasteiger partial charge in [-0.15, -0.1) is 0 Å². The lowest BCUT2D eigenvalue weighted by Gasteiger charge is -2.19. The number of allylic oxidation sites excluding steroid dienone is 1. The summed E-state index contributed by atoms with van der Waals surface area (Å²) in [6, 6.07) is 2.18. The Morgan fingerprint density at radius 2 is 2.00 bits per heavy atom. The quantitative estimate of drug-likeness (QED) is 0.823. The molecule has 0 bridgehead atoms. The van der Waals surface area contributed by atoms with Crippen molar-refractivity contribution in [1.29, 1.82) is 0 Å². The average Bonchev–Trinajstić information content (AvgIpc) is 2.35. The van der Waals surface area contributed by atoms with E-state index < -0.39 is 18.2 Å². The minimum atomic E-state index is -0.770. The van der Waals surface area contributed by atoms with Gasteiger partial charge in [-0.1, -0.05) is 6.08 Å². The molecule has 4 heteroatoms. The summed E-state index contributed by atoms with van der Waals surface area (Å²) in [6.07, 6.45) is 6.20. The molecule has 0 radical (unpaired) electrons. The van der Waals surface area contributed by atoms with E-state index in [0.717, 1.165) is 31.4 Å². The van der Waals surface area contributed by atoms with Gasteiger partial charge in [-0.2, -0.15) is 0 Å². The predicted octanol–water partition coefficient (Wildman–Crippen LogP) is 2.94. The van der Waals surface area contributed by atoms with Gasteiger partial charge < -0.3 is 9.84 Å². The Hall–Kier alpha value is -1.42. The number of halogens is 2. The fraction of sp³-hybridized carbons (Fsp3) is 0.385. The standard InChI is InChI=1S/C13H14F2O2/c14-11-6-9(8-16)7-12(15)13(11)17-10-4-2-1-3-5-10/h2,4,6-7,10,16H,1,3,5,8H2. The van der Waals surface area contributed by atoms with Crippen LogP contribution in [-0.2, 0) is 6.61 Å². The Kier molecular flexibility index (Phi) is 3.74. The molecule has 1 N–H and O–H groups in total. The third-order valence-corrected chi connectivity index (χ3v) is 2.72. The van der Waals surface area contributed by atoms with E-state index in [1.807, 2.05) is 12.2 Å². The lowest BCUT2D eigenvalue weighted by Crippen LogP contribution is -2.17. The zero-order chi connectivity index (χ0) is 12.3. The van der Waals surface area contributed by atoms with Crippen LogP contribution in [0.25, 0.3) is 0 Å². The second kappa shape index (κ2) is 5.27.